The van der Waals surface area contributed by atoms with E-state index < -0.39 is 17.0 Å². The average Bonchev–Trinajstić information content (AvgIpc) is 2.99. The van der Waals surface area contributed by atoms with Gasteiger partial charge < -0.3 is 8.98 Å². The topological polar surface area (TPSA) is 43.9 Å². The highest BCUT2D eigenvalue weighted by Crippen LogP contribution is 2.28. The normalized spacial score (nSPS) is 13.0. The number of benzene rings is 1. The number of aromatic nitrogens is 3. The van der Waals surface area contributed by atoms with E-state index in [0.717, 1.165) is 6.07 Å². The minimum absolute atomic E-state index is 0.0633. The number of oxazole rings is 1. The summed E-state index contributed by atoms with van der Waals surface area (Å²) >= 11 is 6.09. The lowest BCUT2D eigenvalue weighted by molar-refractivity contribution is 0.453. The van der Waals surface area contributed by atoms with Crippen LogP contribution in [0.5, 0.6) is 0 Å². The predicted octanol–water partition coefficient (Wildman–Crippen LogP) is 3.96. The van der Waals surface area contributed by atoms with E-state index in [9.17, 15) is 8.78 Å². The summed E-state index contributed by atoms with van der Waals surface area (Å²) in [4.78, 5) is 8.35. The van der Waals surface area contributed by atoms with E-state index in [0.29, 0.717) is 23.0 Å². The standard InChI is InChI=1S/C14H12ClF2N3O/c1-7-5-18-11(21-7)6-20-13-10(19-14(20)8(2)15)4-3-9(16)12(13)17/h3-5,8H,6H2,1-2H3. The molecule has 0 saturated carbocycles. The van der Waals surface area contributed by atoms with Crippen LogP contribution < -0.4 is 0 Å². The first kappa shape index (κ1) is 14.0. The SMILES string of the molecule is Cc1cnc(Cn2c(C(C)Cl)nc3ccc(F)c(F)c32)o1. The van der Waals surface area contributed by atoms with Gasteiger partial charge in [0.25, 0.3) is 0 Å². The zero-order valence-corrected chi connectivity index (χ0v) is 12.2. The van der Waals surface area contributed by atoms with Crippen LogP contribution >= 0.6 is 11.6 Å². The van der Waals surface area contributed by atoms with Crippen molar-refractivity contribution in [2.75, 3.05) is 0 Å². The monoisotopic (exact) mass is 311 g/mol. The molecule has 0 saturated heterocycles. The van der Waals surface area contributed by atoms with E-state index in [2.05, 4.69) is 9.97 Å². The van der Waals surface area contributed by atoms with Crippen LogP contribution in [0.1, 0.15) is 29.8 Å². The summed E-state index contributed by atoms with van der Waals surface area (Å²) in [5, 5.41) is -0.462. The minimum atomic E-state index is -0.952. The highest BCUT2D eigenvalue weighted by Gasteiger charge is 2.21. The number of aryl methyl sites for hydroxylation is 1. The summed E-state index contributed by atoms with van der Waals surface area (Å²) in [6, 6.07) is 2.47. The van der Waals surface area contributed by atoms with Crippen LogP contribution in [0.2, 0.25) is 0 Å². The van der Waals surface area contributed by atoms with Crippen molar-refractivity contribution in [3.05, 3.63) is 47.4 Å². The molecule has 0 aliphatic carbocycles. The molecule has 0 aliphatic heterocycles. The molecule has 0 fully saturated rings. The molecule has 110 valence electrons. The Hall–Kier alpha value is -1.95. The molecule has 1 aromatic carbocycles. The zero-order chi connectivity index (χ0) is 15.1. The predicted molar refractivity (Wildman–Crippen MR) is 74.3 cm³/mol. The summed E-state index contributed by atoms with van der Waals surface area (Å²) in [6.07, 6.45) is 1.56. The highest BCUT2D eigenvalue weighted by atomic mass is 35.5. The Morgan fingerprint density at radius 2 is 2.14 bits per heavy atom. The van der Waals surface area contributed by atoms with Crippen LogP contribution in [0.25, 0.3) is 11.0 Å². The minimum Gasteiger partial charge on any atom is -0.444 e. The molecule has 3 rings (SSSR count). The smallest absolute Gasteiger partial charge is 0.214 e. The largest absolute Gasteiger partial charge is 0.444 e. The third-order valence-corrected chi connectivity index (χ3v) is 3.34. The van der Waals surface area contributed by atoms with Gasteiger partial charge in [0.1, 0.15) is 23.6 Å². The van der Waals surface area contributed by atoms with Crippen molar-refractivity contribution in [2.45, 2.75) is 25.8 Å². The van der Waals surface area contributed by atoms with E-state index in [4.69, 9.17) is 16.0 Å². The van der Waals surface area contributed by atoms with Gasteiger partial charge in [0.15, 0.2) is 11.6 Å². The van der Waals surface area contributed by atoms with Gasteiger partial charge in [-0.05, 0) is 26.0 Å². The molecule has 3 aromatic rings. The van der Waals surface area contributed by atoms with Crippen LogP contribution in [0.4, 0.5) is 8.78 Å². The first-order valence-electron chi connectivity index (χ1n) is 6.37. The molecule has 7 heteroatoms. The zero-order valence-electron chi connectivity index (χ0n) is 11.4. The van der Waals surface area contributed by atoms with Crippen LogP contribution in [0.3, 0.4) is 0 Å². The van der Waals surface area contributed by atoms with Gasteiger partial charge >= 0.3 is 0 Å². The molecule has 4 nitrogen and oxygen atoms in total. The number of alkyl halides is 1. The first-order chi connectivity index (χ1) is 9.97. The Morgan fingerprint density at radius 3 is 2.76 bits per heavy atom. The van der Waals surface area contributed by atoms with E-state index >= 15 is 0 Å². The first-order valence-corrected chi connectivity index (χ1v) is 6.80. The van der Waals surface area contributed by atoms with E-state index in [1.807, 2.05) is 0 Å². The highest BCUT2D eigenvalue weighted by molar-refractivity contribution is 6.20. The lowest BCUT2D eigenvalue weighted by Gasteiger charge is -2.08. The van der Waals surface area contributed by atoms with Crippen molar-refractivity contribution in [3.8, 4) is 0 Å². The second-order valence-corrected chi connectivity index (χ2v) is 5.42. The van der Waals surface area contributed by atoms with Crippen molar-refractivity contribution in [1.29, 1.82) is 0 Å². The second-order valence-electron chi connectivity index (χ2n) is 4.77. The number of hydrogen-bond donors (Lipinski definition) is 0. The number of halogens is 3. The van der Waals surface area contributed by atoms with Crippen molar-refractivity contribution in [2.24, 2.45) is 0 Å². The summed E-state index contributed by atoms with van der Waals surface area (Å²) in [6.45, 7) is 3.61. The molecular weight excluding hydrogens is 300 g/mol. The molecular formula is C14H12ClF2N3O. The third kappa shape index (κ3) is 2.40. The molecule has 0 aliphatic rings. The van der Waals surface area contributed by atoms with Crippen LogP contribution in [0, 0.1) is 18.6 Å². The summed E-state index contributed by atoms with van der Waals surface area (Å²) in [5.41, 5.74) is 0.410. The van der Waals surface area contributed by atoms with Gasteiger partial charge in [-0.25, -0.2) is 18.7 Å². The fraction of sp³-hybridized carbons (Fsp3) is 0.286. The number of hydrogen-bond acceptors (Lipinski definition) is 3. The maximum atomic E-state index is 14.1. The maximum Gasteiger partial charge on any atom is 0.214 e. The van der Waals surface area contributed by atoms with Crippen molar-refractivity contribution in [3.63, 3.8) is 0 Å². The second kappa shape index (κ2) is 5.11. The van der Waals surface area contributed by atoms with E-state index in [1.165, 1.54) is 10.6 Å². The van der Waals surface area contributed by atoms with E-state index in [-0.39, 0.29) is 12.1 Å². The molecule has 0 N–H and O–H groups in total. The maximum absolute atomic E-state index is 14.1. The molecule has 0 radical (unpaired) electrons. The lowest BCUT2D eigenvalue weighted by atomic mass is 10.3. The van der Waals surface area contributed by atoms with Crippen LogP contribution in [-0.4, -0.2) is 14.5 Å². The molecule has 2 aromatic heterocycles. The van der Waals surface area contributed by atoms with Crippen molar-refractivity contribution < 1.29 is 13.2 Å². The Kier molecular flexibility index (Phi) is 3.41. The van der Waals surface area contributed by atoms with Crippen molar-refractivity contribution >= 4 is 22.6 Å². The van der Waals surface area contributed by atoms with Crippen molar-refractivity contribution in [1.82, 2.24) is 14.5 Å². The Balaban J connectivity index is 2.22. The number of rotatable bonds is 3. The van der Waals surface area contributed by atoms with Gasteiger partial charge in [-0.1, -0.05) is 0 Å². The summed E-state index contributed by atoms with van der Waals surface area (Å²) in [5.74, 6) is -0.421. The van der Waals surface area contributed by atoms with Gasteiger partial charge in [-0.15, -0.1) is 11.6 Å². The Morgan fingerprint density at radius 1 is 1.38 bits per heavy atom. The Bertz CT molecular complexity index is 810. The summed E-state index contributed by atoms with van der Waals surface area (Å²) in [7, 11) is 0. The molecule has 2 heterocycles. The van der Waals surface area contributed by atoms with Gasteiger partial charge in [-0.2, -0.15) is 0 Å². The van der Waals surface area contributed by atoms with Gasteiger partial charge in [0.05, 0.1) is 17.1 Å². The fourth-order valence-corrected chi connectivity index (χ4v) is 2.42. The summed E-state index contributed by atoms with van der Waals surface area (Å²) < 4.78 is 34.5. The molecule has 0 amide bonds. The van der Waals surface area contributed by atoms with Gasteiger partial charge in [-0.3, -0.25) is 0 Å². The average molecular weight is 312 g/mol. The third-order valence-electron chi connectivity index (χ3n) is 3.15. The molecule has 0 spiro atoms. The van der Waals surface area contributed by atoms with Crippen LogP contribution in [0.15, 0.2) is 22.7 Å². The molecule has 21 heavy (non-hydrogen) atoms. The van der Waals surface area contributed by atoms with Crippen LogP contribution in [-0.2, 0) is 6.54 Å². The quantitative estimate of drug-likeness (QED) is 0.688. The Labute approximate surface area is 124 Å². The van der Waals surface area contributed by atoms with Gasteiger partial charge in [0.2, 0.25) is 5.89 Å². The molecule has 0 bridgehead atoms. The number of fused-ring (bicyclic) bond motifs is 1. The molecule has 1 atom stereocenters. The molecule has 1 unspecified atom stereocenters. The fourth-order valence-electron chi connectivity index (χ4n) is 2.25. The number of imidazole rings is 1. The van der Waals surface area contributed by atoms with Gasteiger partial charge in [0, 0.05) is 0 Å². The lowest BCUT2D eigenvalue weighted by Crippen LogP contribution is -2.07. The van der Waals surface area contributed by atoms with E-state index in [1.54, 1.807) is 20.0 Å². The number of nitrogens with zero attached hydrogens (tertiary/aromatic N) is 3.